The maximum absolute atomic E-state index is 13.2. The number of fused-ring (bicyclic) bond motifs is 4. The van der Waals surface area contributed by atoms with Crippen LogP contribution in [0, 0.1) is 0 Å². The predicted octanol–water partition coefficient (Wildman–Crippen LogP) is 4.77. The summed E-state index contributed by atoms with van der Waals surface area (Å²) in [7, 11) is -3.99. The lowest BCUT2D eigenvalue weighted by Gasteiger charge is -2.28. The van der Waals surface area contributed by atoms with Crippen LogP contribution in [0.1, 0.15) is 29.8 Å². The van der Waals surface area contributed by atoms with Gasteiger partial charge < -0.3 is 18.3 Å². The summed E-state index contributed by atoms with van der Waals surface area (Å²) >= 11 is 0. The Bertz CT molecular complexity index is 1960. The first kappa shape index (κ1) is 25.6. The van der Waals surface area contributed by atoms with Crippen LogP contribution in [0.4, 0.5) is 0 Å². The molecule has 1 aliphatic rings. The normalized spacial score (nSPS) is 14.3. The predicted molar refractivity (Wildman–Crippen MR) is 147 cm³/mol. The molecule has 1 aliphatic heterocycles. The number of benzene rings is 3. The van der Waals surface area contributed by atoms with Crippen molar-refractivity contribution < 1.29 is 26.7 Å². The zero-order valence-corrected chi connectivity index (χ0v) is 22.1. The highest BCUT2D eigenvalue weighted by molar-refractivity contribution is 7.89. The minimum absolute atomic E-state index is 0.0209. The number of ether oxygens (including phenoxy) is 2. The van der Waals surface area contributed by atoms with E-state index in [0.717, 1.165) is 0 Å². The van der Waals surface area contributed by atoms with Crippen LogP contribution in [0.2, 0.25) is 0 Å². The smallest absolute Gasteiger partial charge is 0.339 e. The third kappa shape index (κ3) is 4.78. The largest absolute Gasteiger partial charge is 0.494 e. The van der Waals surface area contributed by atoms with Gasteiger partial charge in [0.25, 0.3) is 0 Å². The number of rotatable bonds is 7. The molecule has 0 amide bonds. The summed E-state index contributed by atoms with van der Waals surface area (Å²) in [6.45, 7) is 2.31. The van der Waals surface area contributed by atoms with Crippen LogP contribution in [0.3, 0.4) is 0 Å². The molecule has 2 aromatic heterocycles. The van der Waals surface area contributed by atoms with E-state index < -0.39 is 27.5 Å². The van der Waals surface area contributed by atoms with Gasteiger partial charge in [0.1, 0.15) is 17.1 Å². The van der Waals surface area contributed by atoms with E-state index in [-0.39, 0.29) is 22.6 Å². The van der Waals surface area contributed by atoms with E-state index in [1.165, 1.54) is 18.2 Å². The maximum Gasteiger partial charge on any atom is 0.339 e. The summed E-state index contributed by atoms with van der Waals surface area (Å²) in [5, 5.41) is 0.602. The monoisotopic (exact) mass is 557 g/mol. The van der Waals surface area contributed by atoms with Crippen molar-refractivity contribution in [1.29, 1.82) is 0 Å². The van der Waals surface area contributed by atoms with E-state index >= 15 is 0 Å². The maximum atomic E-state index is 13.2. The van der Waals surface area contributed by atoms with Gasteiger partial charge in [0.15, 0.2) is 12.0 Å². The first-order valence-corrected chi connectivity index (χ1v) is 14.0. The number of para-hydroxylation sites is 1. The van der Waals surface area contributed by atoms with Gasteiger partial charge in [0.2, 0.25) is 10.0 Å². The molecule has 202 valence electrons. The second-order valence-electron chi connectivity index (χ2n) is 9.13. The summed E-state index contributed by atoms with van der Waals surface area (Å²) in [6, 6.07) is 22.7. The molecule has 0 saturated heterocycles. The quantitative estimate of drug-likeness (QED) is 0.284. The van der Waals surface area contributed by atoms with Crippen LogP contribution in [-0.2, 0) is 16.4 Å². The van der Waals surface area contributed by atoms with Crippen molar-refractivity contribution in [3.8, 4) is 22.8 Å². The summed E-state index contributed by atoms with van der Waals surface area (Å²) in [4.78, 5) is 25.6. The highest BCUT2D eigenvalue weighted by Crippen LogP contribution is 2.41. The summed E-state index contributed by atoms with van der Waals surface area (Å²) in [5.41, 5.74) is 0.734. The van der Waals surface area contributed by atoms with Crippen molar-refractivity contribution in [1.82, 2.24) is 4.72 Å². The molecule has 10 heteroatoms. The number of sulfonamides is 1. The molecule has 0 bridgehead atoms. The van der Waals surface area contributed by atoms with Gasteiger partial charge in [0, 0.05) is 23.4 Å². The lowest BCUT2D eigenvalue weighted by atomic mass is 9.98. The molecule has 1 unspecified atom stereocenters. The van der Waals surface area contributed by atoms with Crippen molar-refractivity contribution in [2.75, 3.05) is 6.61 Å². The van der Waals surface area contributed by atoms with Crippen LogP contribution in [0.25, 0.3) is 22.3 Å². The molecule has 0 radical (unpaired) electrons. The second kappa shape index (κ2) is 10.1. The van der Waals surface area contributed by atoms with Gasteiger partial charge >= 0.3 is 11.3 Å². The van der Waals surface area contributed by atoms with Crippen LogP contribution in [0.15, 0.2) is 108 Å². The van der Waals surface area contributed by atoms with Gasteiger partial charge in [-0.3, -0.25) is 0 Å². The summed E-state index contributed by atoms with van der Waals surface area (Å²) < 4.78 is 51.8. The lowest BCUT2D eigenvalue weighted by Crippen LogP contribution is -2.34. The molecule has 0 fully saturated rings. The Kier molecular flexibility index (Phi) is 6.49. The topological polar surface area (TPSA) is 125 Å². The Morgan fingerprint density at radius 3 is 2.45 bits per heavy atom. The highest BCUT2D eigenvalue weighted by atomic mass is 32.2. The standard InChI is InChI=1S/C30H23NO8S/c1-2-36-20-12-13-26-23(17-20)18(16-27(32)37-26)14-19-15-24-28(39-30(19)33)22-10-6-7-11-25(22)38-29(24)31-40(34,35)21-8-4-3-5-9-21/h3-13,15-17,29,31H,2,14H2,1H3. The molecule has 40 heavy (non-hydrogen) atoms. The van der Waals surface area contributed by atoms with E-state index in [0.29, 0.717) is 45.8 Å². The molecular weight excluding hydrogens is 534 g/mol. The van der Waals surface area contributed by atoms with E-state index in [1.807, 2.05) is 6.92 Å². The number of hydrogen-bond donors (Lipinski definition) is 1. The average molecular weight is 558 g/mol. The molecule has 1 N–H and O–H groups in total. The van der Waals surface area contributed by atoms with Crippen LogP contribution in [0.5, 0.6) is 11.5 Å². The molecule has 3 aromatic carbocycles. The van der Waals surface area contributed by atoms with Gasteiger partial charge in [-0.2, -0.15) is 4.72 Å². The Morgan fingerprint density at radius 2 is 1.65 bits per heavy atom. The van der Waals surface area contributed by atoms with Crippen molar-refractivity contribution in [3.05, 3.63) is 122 Å². The van der Waals surface area contributed by atoms with Gasteiger partial charge in [-0.25, -0.2) is 18.0 Å². The van der Waals surface area contributed by atoms with Crippen molar-refractivity contribution >= 4 is 21.0 Å². The van der Waals surface area contributed by atoms with E-state index in [1.54, 1.807) is 66.7 Å². The van der Waals surface area contributed by atoms with Crippen molar-refractivity contribution in [3.63, 3.8) is 0 Å². The second-order valence-corrected chi connectivity index (χ2v) is 10.8. The van der Waals surface area contributed by atoms with Gasteiger partial charge in [0.05, 0.1) is 22.6 Å². The average Bonchev–Trinajstić information content (AvgIpc) is 2.94. The zero-order valence-electron chi connectivity index (χ0n) is 21.2. The Morgan fingerprint density at radius 1 is 0.875 bits per heavy atom. The van der Waals surface area contributed by atoms with E-state index in [2.05, 4.69) is 4.72 Å². The fourth-order valence-electron chi connectivity index (χ4n) is 4.72. The first-order valence-electron chi connectivity index (χ1n) is 12.5. The molecule has 0 saturated carbocycles. The molecule has 0 spiro atoms. The Balaban J connectivity index is 1.46. The molecule has 6 rings (SSSR count). The van der Waals surface area contributed by atoms with Gasteiger partial charge in [-0.15, -0.1) is 0 Å². The van der Waals surface area contributed by atoms with Gasteiger partial charge in [-0.1, -0.05) is 30.3 Å². The highest BCUT2D eigenvalue weighted by Gasteiger charge is 2.33. The molecule has 1 atom stereocenters. The van der Waals surface area contributed by atoms with Crippen LogP contribution < -0.4 is 25.4 Å². The summed E-state index contributed by atoms with van der Waals surface area (Å²) in [6.07, 6.45) is -1.16. The van der Waals surface area contributed by atoms with E-state index in [4.69, 9.17) is 18.3 Å². The fraction of sp³-hybridized carbons (Fsp3) is 0.133. The Labute approximate surface area is 228 Å². The number of hydrogen-bond acceptors (Lipinski definition) is 8. The molecule has 3 heterocycles. The third-order valence-electron chi connectivity index (χ3n) is 6.52. The minimum atomic E-state index is -3.99. The van der Waals surface area contributed by atoms with Crippen molar-refractivity contribution in [2.24, 2.45) is 0 Å². The minimum Gasteiger partial charge on any atom is -0.494 e. The van der Waals surface area contributed by atoms with Crippen LogP contribution in [-0.4, -0.2) is 15.0 Å². The van der Waals surface area contributed by atoms with Crippen molar-refractivity contribution in [2.45, 2.75) is 24.5 Å². The molecule has 9 nitrogen and oxygen atoms in total. The Hall–Kier alpha value is -4.67. The zero-order chi connectivity index (χ0) is 27.9. The van der Waals surface area contributed by atoms with Gasteiger partial charge in [-0.05, 0) is 61.0 Å². The first-order chi connectivity index (χ1) is 19.3. The van der Waals surface area contributed by atoms with Crippen LogP contribution >= 0.6 is 0 Å². The third-order valence-corrected chi connectivity index (χ3v) is 7.93. The molecule has 0 aliphatic carbocycles. The molecule has 5 aromatic rings. The number of nitrogens with one attached hydrogen (secondary N) is 1. The lowest BCUT2D eigenvalue weighted by molar-refractivity contribution is 0.185. The molecular formula is C30H23NO8S. The van der Waals surface area contributed by atoms with E-state index in [9.17, 15) is 18.0 Å². The summed E-state index contributed by atoms with van der Waals surface area (Å²) in [5.74, 6) is 1.15. The SMILES string of the molecule is CCOc1ccc2oc(=O)cc(Cc3cc4c(oc3=O)-c3ccccc3OC4NS(=O)(=O)c3ccccc3)c2c1. The fourth-order valence-corrected chi connectivity index (χ4v) is 5.82.